The summed E-state index contributed by atoms with van der Waals surface area (Å²) in [6, 6.07) is 0.583. The minimum atomic E-state index is 0.380. The van der Waals surface area contributed by atoms with Crippen LogP contribution in [0.2, 0.25) is 0 Å². The molecule has 2 rings (SSSR count). The highest BCUT2D eigenvalue weighted by molar-refractivity contribution is 5.76. The molecule has 0 aromatic heterocycles. The molecule has 2 atom stereocenters. The summed E-state index contributed by atoms with van der Waals surface area (Å²) in [5.41, 5.74) is 5.45. The van der Waals surface area contributed by atoms with E-state index in [0.29, 0.717) is 24.9 Å². The number of carbonyl (C=O) groups is 1. The van der Waals surface area contributed by atoms with Gasteiger partial charge in [0.25, 0.3) is 0 Å². The van der Waals surface area contributed by atoms with Crippen molar-refractivity contribution in [1.29, 1.82) is 0 Å². The normalized spacial score (nSPS) is 29.2. The van der Waals surface area contributed by atoms with E-state index in [2.05, 4.69) is 4.90 Å². The molecule has 0 aromatic carbocycles. The zero-order valence-electron chi connectivity index (χ0n) is 10.2. The number of amides is 1. The average molecular weight is 224 g/mol. The third-order valence-corrected chi connectivity index (χ3v) is 4.16. The second-order valence-corrected chi connectivity index (χ2v) is 5.23. The van der Waals surface area contributed by atoms with Crippen molar-refractivity contribution in [3.8, 4) is 0 Å². The predicted molar refractivity (Wildman–Crippen MR) is 65.0 cm³/mol. The topological polar surface area (TPSA) is 46.3 Å². The number of hydrogen-bond acceptors (Lipinski definition) is 2. The maximum absolute atomic E-state index is 12.1. The zero-order chi connectivity index (χ0) is 11.4. The summed E-state index contributed by atoms with van der Waals surface area (Å²) in [5.74, 6) is 1.19. The van der Waals surface area contributed by atoms with E-state index < -0.39 is 0 Å². The first kappa shape index (κ1) is 11.9. The molecular formula is C13H24N2O. The highest BCUT2D eigenvalue weighted by atomic mass is 16.2. The van der Waals surface area contributed by atoms with Gasteiger partial charge >= 0.3 is 0 Å². The first-order chi connectivity index (χ1) is 7.83. The van der Waals surface area contributed by atoms with Crippen molar-refractivity contribution in [3.63, 3.8) is 0 Å². The minimum Gasteiger partial charge on any atom is -0.339 e. The van der Waals surface area contributed by atoms with Gasteiger partial charge in [-0.1, -0.05) is 6.42 Å². The average Bonchev–Trinajstić information content (AvgIpc) is 2.76. The first-order valence-electron chi connectivity index (χ1n) is 6.82. The monoisotopic (exact) mass is 224 g/mol. The number of rotatable bonds is 4. The van der Waals surface area contributed by atoms with Gasteiger partial charge in [0, 0.05) is 19.0 Å². The molecule has 2 N–H and O–H groups in total. The predicted octanol–water partition coefficient (Wildman–Crippen LogP) is 1.91. The van der Waals surface area contributed by atoms with Crippen LogP contribution in [0.25, 0.3) is 0 Å². The Morgan fingerprint density at radius 2 is 2.00 bits per heavy atom. The lowest BCUT2D eigenvalue weighted by Gasteiger charge is -2.38. The number of piperidine rings is 1. The summed E-state index contributed by atoms with van der Waals surface area (Å²) in [7, 11) is 0. The Labute approximate surface area is 98.4 Å². The van der Waals surface area contributed by atoms with Gasteiger partial charge in [-0.3, -0.25) is 4.79 Å². The molecule has 3 heteroatoms. The van der Waals surface area contributed by atoms with Crippen molar-refractivity contribution in [1.82, 2.24) is 4.90 Å². The molecule has 2 aliphatic rings. The van der Waals surface area contributed by atoms with Crippen molar-refractivity contribution in [2.24, 2.45) is 11.7 Å². The molecule has 3 nitrogen and oxygen atoms in total. The van der Waals surface area contributed by atoms with Crippen molar-refractivity contribution in [2.75, 3.05) is 13.1 Å². The number of unbranched alkanes of at least 4 members (excludes halogenated alkanes) is 1. The molecule has 16 heavy (non-hydrogen) atoms. The van der Waals surface area contributed by atoms with Crippen LogP contribution in [0.1, 0.15) is 51.4 Å². The standard InChI is InChI=1S/C13H24N2O/c14-9-2-1-8-13(16)15-10-4-6-11-5-3-7-12(11)15/h11-12H,1-10,14H2. The maximum Gasteiger partial charge on any atom is 0.222 e. The second-order valence-electron chi connectivity index (χ2n) is 5.23. The van der Waals surface area contributed by atoms with E-state index >= 15 is 0 Å². The Bertz CT molecular complexity index is 242. The Balaban J connectivity index is 1.84. The van der Waals surface area contributed by atoms with E-state index in [0.717, 1.165) is 25.3 Å². The summed E-state index contributed by atoms with van der Waals surface area (Å²) in [4.78, 5) is 14.3. The number of fused-ring (bicyclic) bond motifs is 1. The quantitative estimate of drug-likeness (QED) is 0.741. The Kier molecular flexibility index (Phi) is 4.22. The van der Waals surface area contributed by atoms with Crippen LogP contribution in [0.3, 0.4) is 0 Å². The van der Waals surface area contributed by atoms with Gasteiger partial charge in [0.05, 0.1) is 0 Å². The molecule has 0 radical (unpaired) electrons. The molecule has 1 aliphatic heterocycles. The minimum absolute atomic E-state index is 0.380. The van der Waals surface area contributed by atoms with Gasteiger partial charge in [0.2, 0.25) is 5.91 Å². The van der Waals surface area contributed by atoms with Crippen molar-refractivity contribution >= 4 is 5.91 Å². The number of nitrogens with zero attached hydrogens (tertiary/aromatic N) is 1. The molecule has 1 heterocycles. The maximum atomic E-state index is 12.1. The van der Waals surface area contributed by atoms with Crippen LogP contribution >= 0.6 is 0 Å². The van der Waals surface area contributed by atoms with Gasteiger partial charge in [0.1, 0.15) is 0 Å². The lowest BCUT2D eigenvalue weighted by Crippen LogP contribution is -2.46. The van der Waals surface area contributed by atoms with Gasteiger partial charge < -0.3 is 10.6 Å². The third-order valence-electron chi connectivity index (χ3n) is 4.16. The van der Waals surface area contributed by atoms with Gasteiger partial charge in [-0.25, -0.2) is 0 Å². The molecule has 2 fully saturated rings. The van der Waals surface area contributed by atoms with Crippen LogP contribution in [0.15, 0.2) is 0 Å². The van der Waals surface area contributed by atoms with Crippen molar-refractivity contribution < 1.29 is 4.79 Å². The summed E-state index contributed by atoms with van der Waals surface area (Å²) in [6.07, 6.45) is 9.12. The summed E-state index contributed by atoms with van der Waals surface area (Å²) in [5, 5.41) is 0. The van der Waals surface area contributed by atoms with Crippen LogP contribution in [0, 0.1) is 5.92 Å². The molecular weight excluding hydrogens is 200 g/mol. The SMILES string of the molecule is NCCCCC(=O)N1CCCC2CCCC21. The fourth-order valence-corrected chi connectivity index (χ4v) is 3.33. The van der Waals surface area contributed by atoms with Crippen LogP contribution < -0.4 is 5.73 Å². The number of likely N-dealkylation sites (tertiary alicyclic amines) is 1. The number of carbonyl (C=O) groups excluding carboxylic acids is 1. The highest BCUT2D eigenvalue weighted by Crippen LogP contribution is 2.37. The lowest BCUT2D eigenvalue weighted by molar-refractivity contribution is -0.135. The zero-order valence-corrected chi connectivity index (χ0v) is 10.2. The smallest absolute Gasteiger partial charge is 0.222 e. The van der Waals surface area contributed by atoms with Gasteiger partial charge in [-0.05, 0) is 51.0 Å². The lowest BCUT2D eigenvalue weighted by atomic mass is 9.91. The van der Waals surface area contributed by atoms with E-state index in [1.165, 1.54) is 32.1 Å². The molecule has 1 saturated carbocycles. The number of hydrogen-bond donors (Lipinski definition) is 1. The van der Waals surface area contributed by atoms with Gasteiger partial charge in [-0.2, -0.15) is 0 Å². The molecule has 0 aromatic rings. The fourth-order valence-electron chi connectivity index (χ4n) is 3.33. The van der Waals surface area contributed by atoms with E-state index in [9.17, 15) is 4.79 Å². The summed E-state index contributed by atoms with van der Waals surface area (Å²) >= 11 is 0. The molecule has 0 spiro atoms. The third kappa shape index (κ3) is 2.57. The van der Waals surface area contributed by atoms with E-state index in [4.69, 9.17) is 5.73 Å². The summed E-state index contributed by atoms with van der Waals surface area (Å²) in [6.45, 7) is 1.71. The van der Waals surface area contributed by atoms with Crippen molar-refractivity contribution in [3.05, 3.63) is 0 Å². The molecule has 1 amide bonds. The highest BCUT2D eigenvalue weighted by Gasteiger charge is 2.36. The van der Waals surface area contributed by atoms with E-state index in [-0.39, 0.29) is 0 Å². The van der Waals surface area contributed by atoms with E-state index in [1.807, 2.05) is 0 Å². The second kappa shape index (κ2) is 5.67. The van der Waals surface area contributed by atoms with E-state index in [1.54, 1.807) is 0 Å². The fraction of sp³-hybridized carbons (Fsp3) is 0.923. The molecule has 1 aliphatic carbocycles. The van der Waals surface area contributed by atoms with Crippen LogP contribution in [-0.4, -0.2) is 29.9 Å². The summed E-state index contributed by atoms with van der Waals surface area (Å²) < 4.78 is 0. The Morgan fingerprint density at radius 1 is 1.19 bits per heavy atom. The van der Waals surface area contributed by atoms with Crippen LogP contribution in [-0.2, 0) is 4.79 Å². The first-order valence-corrected chi connectivity index (χ1v) is 6.82. The van der Waals surface area contributed by atoms with Crippen LogP contribution in [0.5, 0.6) is 0 Å². The largest absolute Gasteiger partial charge is 0.339 e. The molecule has 2 unspecified atom stereocenters. The Morgan fingerprint density at radius 3 is 2.81 bits per heavy atom. The van der Waals surface area contributed by atoms with Crippen molar-refractivity contribution in [2.45, 2.75) is 57.4 Å². The molecule has 92 valence electrons. The molecule has 0 bridgehead atoms. The van der Waals surface area contributed by atoms with Gasteiger partial charge in [0.15, 0.2) is 0 Å². The van der Waals surface area contributed by atoms with Crippen LogP contribution in [0.4, 0.5) is 0 Å². The number of nitrogens with two attached hydrogens (primary N) is 1. The molecule has 1 saturated heterocycles. The Hall–Kier alpha value is -0.570. The van der Waals surface area contributed by atoms with Gasteiger partial charge in [-0.15, -0.1) is 0 Å².